The summed E-state index contributed by atoms with van der Waals surface area (Å²) in [7, 11) is 0. The fourth-order valence-corrected chi connectivity index (χ4v) is 1.59. The molecule has 0 saturated carbocycles. The lowest BCUT2D eigenvalue weighted by Crippen LogP contribution is -2.34. The van der Waals surface area contributed by atoms with Gasteiger partial charge in [-0.2, -0.15) is 0 Å². The van der Waals surface area contributed by atoms with E-state index in [1.165, 1.54) is 6.08 Å². The Morgan fingerprint density at radius 3 is 2.50 bits per heavy atom. The molecule has 1 rings (SSSR count). The molecule has 0 bridgehead atoms. The van der Waals surface area contributed by atoms with Gasteiger partial charge in [-0.25, -0.2) is 4.79 Å². The normalized spacial score (nSPS) is 23.4. The Bertz CT molecular complexity index is 266. The van der Waals surface area contributed by atoms with E-state index in [2.05, 4.69) is 0 Å². The number of cyclic esters (lactones) is 1. The summed E-state index contributed by atoms with van der Waals surface area (Å²) in [6.45, 7) is 3.97. The van der Waals surface area contributed by atoms with Crippen LogP contribution in [-0.4, -0.2) is 15.9 Å². The molecule has 1 aliphatic heterocycles. The molecule has 0 fully saturated rings. The van der Waals surface area contributed by atoms with E-state index in [0.29, 0.717) is 6.42 Å². The van der Waals surface area contributed by atoms with E-state index in [9.17, 15) is 4.79 Å². The number of ether oxygens (including phenoxy) is 1. The van der Waals surface area contributed by atoms with Crippen molar-refractivity contribution in [1.82, 2.24) is 0 Å². The Labute approximate surface area is 98.1 Å². The molecule has 14 heavy (non-hydrogen) atoms. The first-order valence-electron chi connectivity index (χ1n) is 4.28. The van der Waals surface area contributed by atoms with Gasteiger partial charge in [0.25, 0.3) is 0 Å². The molecule has 0 saturated heterocycles. The first-order chi connectivity index (χ1) is 6.30. The van der Waals surface area contributed by atoms with Crippen molar-refractivity contribution in [2.24, 2.45) is 5.92 Å². The van der Waals surface area contributed by atoms with E-state index in [4.69, 9.17) is 39.5 Å². The van der Waals surface area contributed by atoms with Crippen molar-refractivity contribution in [3.63, 3.8) is 0 Å². The largest absolute Gasteiger partial charge is 0.454 e. The highest BCUT2D eigenvalue weighted by Crippen LogP contribution is 2.38. The third kappa shape index (κ3) is 3.04. The molecule has 5 heteroatoms. The van der Waals surface area contributed by atoms with Crippen LogP contribution in [0.25, 0.3) is 0 Å². The molecule has 2 nitrogen and oxygen atoms in total. The first-order valence-corrected chi connectivity index (χ1v) is 5.42. The Hall–Kier alpha value is 0.0800. The number of esters is 1. The molecule has 80 valence electrons. The van der Waals surface area contributed by atoms with Gasteiger partial charge in [0.15, 0.2) is 6.10 Å². The van der Waals surface area contributed by atoms with Gasteiger partial charge >= 0.3 is 5.97 Å². The van der Waals surface area contributed by atoms with Crippen LogP contribution in [0.5, 0.6) is 0 Å². The molecule has 0 radical (unpaired) electrons. The summed E-state index contributed by atoms with van der Waals surface area (Å²) in [4.78, 5) is 11.2. The molecule has 1 aliphatic rings. The topological polar surface area (TPSA) is 26.3 Å². The lowest BCUT2D eigenvalue weighted by Gasteiger charge is -2.29. The van der Waals surface area contributed by atoms with Gasteiger partial charge in [0.2, 0.25) is 3.79 Å². The molecular formula is C9H11Cl3O2. The average Bonchev–Trinajstić information content (AvgIpc) is 2.01. The standard InChI is InChI=1S/C9H11Cl3O2/c1-5(2)6-3-7(9(10,11)12)14-8(13)4-6/h4-5,7H,3H2,1-2H3. The number of alkyl halides is 3. The highest BCUT2D eigenvalue weighted by Gasteiger charge is 2.38. The summed E-state index contributed by atoms with van der Waals surface area (Å²) in [6.07, 6.45) is 1.28. The van der Waals surface area contributed by atoms with E-state index in [0.717, 1.165) is 5.57 Å². The van der Waals surface area contributed by atoms with Crippen LogP contribution in [0.4, 0.5) is 0 Å². The minimum absolute atomic E-state index is 0.262. The number of halogens is 3. The quantitative estimate of drug-likeness (QED) is 0.532. The van der Waals surface area contributed by atoms with Crippen molar-refractivity contribution in [1.29, 1.82) is 0 Å². The van der Waals surface area contributed by atoms with E-state index >= 15 is 0 Å². The maximum absolute atomic E-state index is 11.2. The fourth-order valence-electron chi connectivity index (χ4n) is 1.23. The zero-order valence-electron chi connectivity index (χ0n) is 7.89. The lowest BCUT2D eigenvalue weighted by atomic mass is 9.95. The molecule has 0 spiro atoms. The molecule has 0 aliphatic carbocycles. The van der Waals surface area contributed by atoms with Crippen LogP contribution in [0.15, 0.2) is 11.6 Å². The highest BCUT2D eigenvalue weighted by molar-refractivity contribution is 6.68. The van der Waals surface area contributed by atoms with Crippen LogP contribution < -0.4 is 0 Å². The predicted molar refractivity (Wildman–Crippen MR) is 57.7 cm³/mol. The number of carbonyl (C=O) groups is 1. The Morgan fingerprint density at radius 2 is 2.07 bits per heavy atom. The Morgan fingerprint density at radius 1 is 1.50 bits per heavy atom. The fraction of sp³-hybridized carbons (Fsp3) is 0.667. The van der Waals surface area contributed by atoms with Gasteiger partial charge < -0.3 is 4.74 Å². The van der Waals surface area contributed by atoms with Gasteiger partial charge in [-0.1, -0.05) is 54.2 Å². The van der Waals surface area contributed by atoms with Gasteiger partial charge in [-0.05, 0) is 5.92 Å². The summed E-state index contributed by atoms with van der Waals surface area (Å²) in [5, 5.41) is 0. The van der Waals surface area contributed by atoms with Crippen LogP contribution in [0.2, 0.25) is 0 Å². The van der Waals surface area contributed by atoms with Crippen molar-refractivity contribution in [2.75, 3.05) is 0 Å². The average molecular weight is 258 g/mol. The summed E-state index contributed by atoms with van der Waals surface area (Å²) < 4.78 is 3.37. The zero-order chi connectivity index (χ0) is 10.9. The maximum Gasteiger partial charge on any atom is 0.331 e. The van der Waals surface area contributed by atoms with E-state index in [1.807, 2.05) is 13.8 Å². The Balaban J connectivity index is 2.82. The number of carbonyl (C=O) groups excluding carboxylic acids is 1. The molecule has 1 atom stereocenters. The second kappa shape index (κ2) is 4.30. The van der Waals surface area contributed by atoms with Crippen molar-refractivity contribution >= 4 is 40.8 Å². The number of rotatable bonds is 1. The van der Waals surface area contributed by atoms with Crippen LogP contribution in [0.3, 0.4) is 0 Å². The first kappa shape index (κ1) is 12.2. The smallest absolute Gasteiger partial charge is 0.331 e. The number of hydrogen-bond acceptors (Lipinski definition) is 2. The van der Waals surface area contributed by atoms with Gasteiger partial charge in [0.1, 0.15) is 0 Å². The van der Waals surface area contributed by atoms with Gasteiger partial charge in [-0.3, -0.25) is 0 Å². The maximum atomic E-state index is 11.2. The molecule has 0 N–H and O–H groups in total. The summed E-state index contributed by atoms with van der Waals surface area (Å²) in [6, 6.07) is 0. The molecule has 1 heterocycles. The summed E-state index contributed by atoms with van der Waals surface area (Å²) in [5.74, 6) is -0.172. The lowest BCUT2D eigenvalue weighted by molar-refractivity contribution is -0.144. The second-order valence-corrected chi connectivity index (χ2v) is 5.91. The number of hydrogen-bond donors (Lipinski definition) is 0. The third-order valence-electron chi connectivity index (χ3n) is 2.09. The molecule has 0 aromatic rings. The van der Waals surface area contributed by atoms with Crippen molar-refractivity contribution in [2.45, 2.75) is 30.2 Å². The highest BCUT2D eigenvalue weighted by atomic mass is 35.6. The predicted octanol–water partition coefficient (Wildman–Crippen LogP) is 3.25. The minimum Gasteiger partial charge on any atom is -0.454 e. The van der Waals surface area contributed by atoms with Crippen LogP contribution in [0, 0.1) is 5.92 Å². The van der Waals surface area contributed by atoms with E-state index < -0.39 is 15.9 Å². The zero-order valence-corrected chi connectivity index (χ0v) is 10.2. The summed E-state index contributed by atoms with van der Waals surface area (Å²) >= 11 is 17.0. The van der Waals surface area contributed by atoms with Crippen LogP contribution in [0.1, 0.15) is 20.3 Å². The molecule has 0 aromatic heterocycles. The molecule has 1 unspecified atom stereocenters. The van der Waals surface area contributed by atoms with E-state index in [1.54, 1.807) is 0 Å². The van der Waals surface area contributed by atoms with Gasteiger partial charge in [-0.15, -0.1) is 0 Å². The van der Waals surface area contributed by atoms with E-state index in [-0.39, 0.29) is 5.92 Å². The molecule has 0 aromatic carbocycles. The van der Waals surface area contributed by atoms with Crippen LogP contribution in [-0.2, 0) is 9.53 Å². The third-order valence-corrected chi connectivity index (χ3v) is 2.82. The summed E-state index contributed by atoms with van der Waals surface area (Å²) in [5.41, 5.74) is 0.956. The van der Waals surface area contributed by atoms with Crippen molar-refractivity contribution in [3.05, 3.63) is 11.6 Å². The molecule has 0 amide bonds. The monoisotopic (exact) mass is 256 g/mol. The minimum atomic E-state index is -1.55. The SMILES string of the molecule is CC(C)C1=CC(=O)OC(C(Cl)(Cl)Cl)C1. The molecular weight excluding hydrogens is 246 g/mol. The van der Waals surface area contributed by atoms with Crippen molar-refractivity contribution in [3.8, 4) is 0 Å². The van der Waals surface area contributed by atoms with Gasteiger partial charge in [0, 0.05) is 12.5 Å². The van der Waals surface area contributed by atoms with Crippen molar-refractivity contribution < 1.29 is 9.53 Å². The van der Waals surface area contributed by atoms with Gasteiger partial charge in [0.05, 0.1) is 0 Å². The second-order valence-electron chi connectivity index (χ2n) is 3.55. The van der Waals surface area contributed by atoms with Crippen LogP contribution >= 0.6 is 34.8 Å². The Kier molecular flexibility index (Phi) is 3.73.